The summed E-state index contributed by atoms with van der Waals surface area (Å²) >= 11 is 0. The van der Waals surface area contributed by atoms with E-state index in [2.05, 4.69) is 12.2 Å². The summed E-state index contributed by atoms with van der Waals surface area (Å²) in [4.78, 5) is 0. The van der Waals surface area contributed by atoms with Crippen LogP contribution in [0.4, 0.5) is 0 Å². The predicted molar refractivity (Wildman–Crippen MR) is 69.2 cm³/mol. The van der Waals surface area contributed by atoms with Gasteiger partial charge >= 0.3 is 0 Å². The van der Waals surface area contributed by atoms with Gasteiger partial charge in [0.25, 0.3) is 0 Å². The number of morpholine rings is 1. The fourth-order valence-electron chi connectivity index (χ4n) is 2.94. The van der Waals surface area contributed by atoms with E-state index in [4.69, 9.17) is 9.47 Å². The molecule has 2 aliphatic heterocycles. The van der Waals surface area contributed by atoms with Crippen LogP contribution in [0.25, 0.3) is 0 Å². The lowest BCUT2D eigenvalue weighted by Crippen LogP contribution is -2.42. The minimum atomic E-state index is 0.568. The predicted octanol–water partition coefficient (Wildman–Crippen LogP) is 2.35. The van der Waals surface area contributed by atoms with Gasteiger partial charge in [-0.3, -0.25) is 0 Å². The lowest BCUT2D eigenvalue weighted by atomic mass is 9.95. The van der Waals surface area contributed by atoms with Crippen molar-refractivity contribution in [2.24, 2.45) is 5.92 Å². The van der Waals surface area contributed by atoms with Gasteiger partial charge in [0.15, 0.2) is 0 Å². The maximum absolute atomic E-state index is 5.65. The lowest BCUT2D eigenvalue weighted by Gasteiger charge is -2.26. The minimum absolute atomic E-state index is 0.568. The van der Waals surface area contributed by atoms with Crippen LogP contribution < -0.4 is 5.32 Å². The molecule has 2 rings (SSSR count). The number of ether oxygens (including phenoxy) is 2. The quantitative estimate of drug-likeness (QED) is 0.774. The second-order valence-electron chi connectivity index (χ2n) is 5.63. The molecule has 0 aromatic heterocycles. The van der Waals surface area contributed by atoms with Gasteiger partial charge in [0.2, 0.25) is 0 Å². The lowest BCUT2D eigenvalue weighted by molar-refractivity contribution is 0.0679. The van der Waals surface area contributed by atoms with E-state index in [9.17, 15) is 0 Å². The third-order valence-electron chi connectivity index (χ3n) is 3.93. The van der Waals surface area contributed by atoms with Crippen LogP contribution in [0.2, 0.25) is 0 Å². The van der Waals surface area contributed by atoms with E-state index < -0.39 is 0 Å². The third-order valence-corrected chi connectivity index (χ3v) is 3.93. The molecule has 17 heavy (non-hydrogen) atoms. The van der Waals surface area contributed by atoms with Crippen LogP contribution in [0, 0.1) is 5.92 Å². The summed E-state index contributed by atoms with van der Waals surface area (Å²) in [5, 5.41) is 3.53. The molecule has 100 valence electrons. The van der Waals surface area contributed by atoms with Crippen LogP contribution in [0.3, 0.4) is 0 Å². The Hall–Kier alpha value is -0.120. The molecule has 0 aromatic carbocycles. The standard InChI is InChI=1S/C14H27NO2/c1-12(10-13-11-16-9-7-15-13)4-2-5-14-6-3-8-17-14/h12-15H,2-11H2,1H3. The highest BCUT2D eigenvalue weighted by Crippen LogP contribution is 2.21. The highest BCUT2D eigenvalue weighted by atomic mass is 16.5. The Morgan fingerprint density at radius 3 is 3.00 bits per heavy atom. The van der Waals surface area contributed by atoms with Gasteiger partial charge in [-0.25, -0.2) is 0 Å². The first-order chi connectivity index (χ1) is 8.34. The molecule has 3 nitrogen and oxygen atoms in total. The van der Waals surface area contributed by atoms with Crippen molar-refractivity contribution >= 4 is 0 Å². The van der Waals surface area contributed by atoms with Crippen molar-refractivity contribution in [3.8, 4) is 0 Å². The SMILES string of the molecule is CC(CCCC1CCCO1)CC1COCCN1. The van der Waals surface area contributed by atoms with Crippen molar-refractivity contribution in [1.29, 1.82) is 0 Å². The van der Waals surface area contributed by atoms with Crippen molar-refractivity contribution in [2.75, 3.05) is 26.4 Å². The van der Waals surface area contributed by atoms with Crippen molar-refractivity contribution in [3.63, 3.8) is 0 Å². The molecule has 2 fully saturated rings. The zero-order valence-electron chi connectivity index (χ0n) is 11.1. The molecule has 3 unspecified atom stereocenters. The van der Waals surface area contributed by atoms with Gasteiger partial charge in [-0.15, -0.1) is 0 Å². The van der Waals surface area contributed by atoms with Gasteiger partial charge in [0.05, 0.1) is 19.3 Å². The van der Waals surface area contributed by atoms with Crippen LogP contribution in [-0.4, -0.2) is 38.5 Å². The van der Waals surface area contributed by atoms with Crippen LogP contribution in [0.15, 0.2) is 0 Å². The van der Waals surface area contributed by atoms with Crippen molar-refractivity contribution < 1.29 is 9.47 Å². The molecule has 0 radical (unpaired) electrons. The average Bonchev–Trinajstić information content (AvgIpc) is 2.83. The number of nitrogens with one attached hydrogen (secondary N) is 1. The Labute approximate surface area is 105 Å². The molecular formula is C14H27NO2. The van der Waals surface area contributed by atoms with Gasteiger partial charge in [0.1, 0.15) is 0 Å². The molecule has 3 heteroatoms. The van der Waals surface area contributed by atoms with Crippen LogP contribution in [0.5, 0.6) is 0 Å². The summed E-state index contributed by atoms with van der Waals surface area (Å²) in [6.07, 6.45) is 8.29. The van der Waals surface area contributed by atoms with E-state index >= 15 is 0 Å². The van der Waals surface area contributed by atoms with Gasteiger partial charge in [0, 0.05) is 19.2 Å². The number of hydrogen-bond acceptors (Lipinski definition) is 3. The van der Waals surface area contributed by atoms with Crippen molar-refractivity contribution in [1.82, 2.24) is 5.32 Å². The molecule has 0 bridgehead atoms. The van der Waals surface area contributed by atoms with Gasteiger partial charge < -0.3 is 14.8 Å². The zero-order valence-corrected chi connectivity index (χ0v) is 11.1. The number of hydrogen-bond donors (Lipinski definition) is 1. The Kier molecular flexibility index (Phi) is 5.75. The summed E-state index contributed by atoms with van der Waals surface area (Å²) in [5.74, 6) is 0.801. The molecule has 0 saturated carbocycles. The summed E-state index contributed by atoms with van der Waals surface area (Å²) in [5.41, 5.74) is 0. The van der Waals surface area contributed by atoms with E-state index in [1.807, 2.05) is 0 Å². The van der Waals surface area contributed by atoms with Gasteiger partial charge in [-0.05, 0) is 31.6 Å². The minimum Gasteiger partial charge on any atom is -0.379 e. The third kappa shape index (κ3) is 4.94. The summed E-state index contributed by atoms with van der Waals surface area (Å²) in [6.45, 7) is 6.16. The fraction of sp³-hybridized carbons (Fsp3) is 1.00. The Morgan fingerprint density at radius 1 is 1.35 bits per heavy atom. The molecule has 3 atom stereocenters. The molecule has 2 heterocycles. The van der Waals surface area contributed by atoms with Crippen LogP contribution in [-0.2, 0) is 9.47 Å². The van der Waals surface area contributed by atoms with Crippen molar-refractivity contribution in [2.45, 2.75) is 57.6 Å². The monoisotopic (exact) mass is 241 g/mol. The zero-order chi connectivity index (χ0) is 11.9. The summed E-state index contributed by atoms with van der Waals surface area (Å²) in [7, 11) is 0. The molecule has 2 saturated heterocycles. The van der Waals surface area contributed by atoms with Gasteiger partial charge in [-0.1, -0.05) is 19.8 Å². The molecule has 2 aliphatic rings. The summed E-state index contributed by atoms with van der Waals surface area (Å²) in [6, 6.07) is 0.585. The molecule has 0 aliphatic carbocycles. The van der Waals surface area contributed by atoms with Crippen LogP contribution in [0.1, 0.15) is 45.4 Å². The molecule has 0 aromatic rings. The Bertz CT molecular complexity index is 198. The highest BCUT2D eigenvalue weighted by molar-refractivity contribution is 4.73. The number of rotatable bonds is 6. The first-order valence-electron chi connectivity index (χ1n) is 7.27. The Morgan fingerprint density at radius 2 is 2.29 bits per heavy atom. The van der Waals surface area contributed by atoms with E-state index in [0.29, 0.717) is 12.1 Å². The average molecular weight is 241 g/mol. The molecular weight excluding hydrogens is 214 g/mol. The van der Waals surface area contributed by atoms with Crippen molar-refractivity contribution in [3.05, 3.63) is 0 Å². The largest absolute Gasteiger partial charge is 0.379 e. The first kappa shape index (κ1) is 13.3. The second-order valence-corrected chi connectivity index (χ2v) is 5.63. The highest BCUT2D eigenvalue weighted by Gasteiger charge is 2.18. The van der Waals surface area contributed by atoms with E-state index in [0.717, 1.165) is 32.3 Å². The molecule has 0 amide bonds. The normalized spacial score (nSPS) is 31.6. The van der Waals surface area contributed by atoms with E-state index in [1.54, 1.807) is 0 Å². The first-order valence-corrected chi connectivity index (χ1v) is 7.27. The van der Waals surface area contributed by atoms with Gasteiger partial charge in [-0.2, -0.15) is 0 Å². The maximum atomic E-state index is 5.65. The van der Waals surface area contributed by atoms with E-state index in [-0.39, 0.29) is 0 Å². The second kappa shape index (κ2) is 7.34. The van der Waals surface area contributed by atoms with Crippen LogP contribution >= 0.6 is 0 Å². The summed E-state index contributed by atoms with van der Waals surface area (Å²) < 4.78 is 11.1. The Balaban J connectivity index is 1.52. The topological polar surface area (TPSA) is 30.5 Å². The smallest absolute Gasteiger partial charge is 0.0620 e. The molecule has 1 N–H and O–H groups in total. The van der Waals surface area contributed by atoms with E-state index in [1.165, 1.54) is 38.5 Å². The maximum Gasteiger partial charge on any atom is 0.0620 e. The fourth-order valence-corrected chi connectivity index (χ4v) is 2.94. The molecule has 0 spiro atoms.